The van der Waals surface area contributed by atoms with Gasteiger partial charge in [-0.2, -0.15) is 0 Å². The molecule has 5 N–H and O–H groups in total. The zero-order valence-electron chi connectivity index (χ0n) is 18.2. The van der Waals surface area contributed by atoms with E-state index in [0.717, 1.165) is 18.3 Å². The molecule has 0 aliphatic heterocycles. The quantitative estimate of drug-likeness (QED) is 0.590. The molecular weight excluding hydrogens is 308 g/mol. The van der Waals surface area contributed by atoms with Gasteiger partial charge in [0.25, 0.3) is 0 Å². The van der Waals surface area contributed by atoms with Crippen LogP contribution in [0.5, 0.6) is 0 Å². The first-order valence-corrected chi connectivity index (χ1v) is 10.5. The van der Waals surface area contributed by atoms with Crippen LogP contribution in [0.3, 0.4) is 0 Å². The Labute approximate surface area is 158 Å². The minimum absolute atomic E-state index is 0.357. The maximum absolute atomic E-state index is 5.94. The molecule has 0 radical (unpaired) electrons. The van der Waals surface area contributed by atoms with Crippen LogP contribution < -0.4 is 16.8 Å². The summed E-state index contributed by atoms with van der Waals surface area (Å²) in [5, 5.41) is 3.29. The molecule has 1 aliphatic carbocycles. The number of nitrogens with zero attached hydrogens (tertiary/aromatic N) is 1. The molecule has 4 heteroatoms. The van der Waals surface area contributed by atoms with Gasteiger partial charge in [-0.25, -0.2) is 0 Å². The molecule has 0 amide bonds. The molecule has 1 aliphatic rings. The second-order valence-corrected chi connectivity index (χ2v) is 8.76. The molecule has 0 aromatic heterocycles. The van der Waals surface area contributed by atoms with Crippen LogP contribution in [0.4, 0.5) is 0 Å². The van der Waals surface area contributed by atoms with Crippen LogP contribution >= 0.6 is 0 Å². The molecule has 0 spiro atoms. The average Bonchev–Trinajstić information content (AvgIpc) is 2.57. The summed E-state index contributed by atoms with van der Waals surface area (Å²) in [7, 11) is 6.28. The van der Waals surface area contributed by atoms with Crippen LogP contribution in [0, 0.1) is 11.8 Å². The van der Waals surface area contributed by atoms with Crippen molar-refractivity contribution in [1.82, 2.24) is 10.2 Å². The Kier molecular flexibility index (Phi) is 13.9. The predicted octanol–water partition coefficient (Wildman–Crippen LogP) is 3.59. The molecule has 152 valence electrons. The summed E-state index contributed by atoms with van der Waals surface area (Å²) in [6.45, 7) is 9.07. The van der Waals surface area contributed by atoms with E-state index >= 15 is 0 Å². The monoisotopic (exact) mass is 356 g/mol. The van der Waals surface area contributed by atoms with Crippen molar-refractivity contribution in [1.29, 1.82) is 0 Å². The molecule has 0 saturated heterocycles. The van der Waals surface area contributed by atoms with E-state index in [4.69, 9.17) is 11.5 Å². The molecule has 0 aromatic rings. The van der Waals surface area contributed by atoms with Gasteiger partial charge >= 0.3 is 0 Å². The topological polar surface area (TPSA) is 67.3 Å². The van der Waals surface area contributed by atoms with Gasteiger partial charge in [-0.3, -0.25) is 0 Å². The van der Waals surface area contributed by atoms with Crippen LogP contribution in [-0.2, 0) is 0 Å². The van der Waals surface area contributed by atoms with Gasteiger partial charge in [0.2, 0.25) is 0 Å². The van der Waals surface area contributed by atoms with E-state index in [9.17, 15) is 0 Å². The standard InChI is InChI=1S/C13H30N2.C8H18N2/c1-10(6-8-12(3)14)11(2)7-9-13(4)15-5;1-10(2)8-6-4-3-5-7(8)9/h10-13,15H,6-9,14H2,1-5H3;7-8H,3-6,9H2,1-2H3. The minimum atomic E-state index is 0.357. The summed E-state index contributed by atoms with van der Waals surface area (Å²) in [5.41, 5.74) is 11.7. The van der Waals surface area contributed by atoms with E-state index in [0.29, 0.717) is 24.2 Å². The van der Waals surface area contributed by atoms with Crippen molar-refractivity contribution in [3.63, 3.8) is 0 Å². The highest BCUT2D eigenvalue weighted by molar-refractivity contribution is 4.82. The summed E-state index contributed by atoms with van der Waals surface area (Å²) >= 11 is 0. The molecule has 1 saturated carbocycles. The Bertz CT molecular complexity index is 306. The highest BCUT2D eigenvalue weighted by atomic mass is 15.1. The number of nitrogens with one attached hydrogen (secondary N) is 1. The van der Waals surface area contributed by atoms with Crippen molar-refractivity contribution in [3.05, 3.63) is 0 Å². The van der Waals surface area contributed by atoms with Gasteiger partial charge in [-0.15, -0.1) is 0 Å². The lowest BCUT2D eigenvalue weighted by molar-refractivity contribution is 0.201. The lowest BCUT2D eigenvalue weighted by Crippen LogP contribution is -2.46. The Morgan fingerprint density at radius 3 is 1.84 bits per heavy atom. The number of hydrogen-bond acceptors (Lipinski definition) is 4. The molecule has 6 unspecified atom stereocenters. The third-order valence-electron chi connectivity index (χ3n) is 6.04. The maximum atomic E-state index is 5.94. The van der Waals surface area contributed by atoms with Gasteiger partial charge < -0.3 is 21.7 Å². The van der Waals surface area contributed by atoms with Gasteiger partial charge in [0.1, 0.15) is 0 Å². The summed E-state index contributed by atoms with van der Waals surface area (Å²) in [5.74, 6) is 1.62. The average molecular weight is 357 g/mol. The molecule has 0 aromatic carbocycles. The molecule has 25 heavy (non-hydrogen) atoms. The summed E-state index contributed by atoms with van der Waals surface area (Å²) in [6, 6.07) is 2.06. The summed E-state index contributed by atoms with van der Waals surface area (Å²) in [4.78, 5) is 2.25. The third kappa shape index (κ3) is 12.0. The van der Waals surface area contributed by atoms with Crippen LogP contribution in [0.1, 0.15) is 79.1 Å². The van der Waals surface area contributed by atoms with E-state index in [-0.39, 0.29) is 0 Å². The molecular formula is C21H48N4. The Balaban J connectivity index is 0.000000496. The van der Waals surface area contributed by atoms with Gasteiger partial charge in [-0.1, -0.05) is 26.7 Å². The third-order valence-corrected chi connectivity index (χ3v) is 6.04. The predicted molar refractivity (Wildman–Crippen MR) is 113 cm³/mol. The Morgan fingerprint density at radius 2 is 1.44 bits per heavy atom. The zero-order chi connectivity index (χ0) is 19.4. The van der Waals surface area contributed by atoms with E-state index < -0.39 is 0 Å². The van der Waals surface area contributed by atoms with Crippen LogP contribution in [-0.4, -0.2) is 50.2 Å². The second-order valence-electron chi connectivity index (χ2n) is 8.76. The number of hydrogen-bond donors (Lipinski definition) is 3. The Morgan fingerprint density at radius 1 is 0.920 bits per heavy atom. The van der Waals surface area contributed by atoms with Crippen molar-refractivity contribution in [3.8, 4) is 0 Å². The lowest BCUT2D eigenvalue weighted by atomic mass is 9.86. The van der Waals surface area contributed by atoms with Crippen molar-refractivity contribution in [2.45, 2.75) is 103 Å². The minimum Gasteiger partial charge on any atom is -0.328 e. The van der Waals surface area contributed by atoms with Crippen molar-refractivity contribution < 1.29 is 0 Å². The lowest BCUT2D eigenvalue weighted by Gasteiger charge is -2.33. The van der Waals surface area contributed by atoms with Crippen molar-refractivity contribution >= 4 is 0 Å². The fourth-order valence-electron chi connectivity index (χ4n) is 3.53. The number of rotatable bonds is 9. The Hall–Kier alpha value is -0.160. The molecule has 0 heterocycles. The first kappa shape index (κ1) is 24.8. The van der Waals surface area contributed by atoms with E-state index in [1.165, 1.54) is 44.9 Å². The molecule has 1 rings (SSSR count). The van der Waals surface area contributed by atoms with Gasteiger partial charge in [-0.05, 0) is 85.4 Å². The van der Waals surface area contributed by atoms with Crippen LogP contribution in [0.25, 0.3) is 0 Å². The maximum Gasteiger partial charge on any atom is 0.0241 e. The molecule has 0 bridgehead atoms. The molecule has 1 fully saturated rings. The fourth-order valence-corrected chi connectivity index (χ4v) is 3.53. The van der Waals surface area contributed by atoms with Crippen molar-refractivity contribution in [2.24, 2.45) is 23.3 Å². The number of likely N-dealkylation sites (N-methyl/N-ethyl adjacent to an activating group) is 1. The second kappa shape index (κ2) is 14.0. The molecule has 6 atom stereocenters. The first-order chi connectivity index (χ1) is 11.7. The highest BCUT2D eigenvalue weighted by Gasteiger charge is 2.22. The van der Waals surface area contributed by atoms with Gasteiger partial charge in [0.05, 0.1) is 0 Å². The smallest absolute Gasteiger partial charge is 0.0241 e. The highest BCUT2D eigenvalue weighted by Crippen LogP contribution is 2.22. The largest absolute Gasteiger partial charge is 0.328 e. The SMILES string of the molecule is CN(C)C1CCCCC1N.CNC(C)CCC(C)C(C)CCC(C)N. The van der Waals surface area contributed by atoms with E-state index in [2.05, 4.69) is 52.0 Å². The summed E-state index contributed by atoms with van der Waals surface area (Å²) in [6.07, 6.45) is 10.2. The van der Waals surface area contributed by atoms with Crippen LogP contribution in [0.15, 0.2) is 0 Å². The zero-order valence-corrected chi connectivity index (χ0v) is 18.2. The summed E-state index contributed by atoms with van der Waals surface area (Å²) < 4.78 is 0. The van der Waals surface area contributed by atoms with E-state index in [1.807, 2.05) is 7.05 Å². The molecule has 4 nitrogen and oxygen atoms in total. The fraction of sp³-hybridized carbons (Fsp3) is 1.00. The van der Waals surface area contributed by atoms with Gasteiger partial charge in [0.15, 0.2) is 0 Å². The van der Waals surface area contributed by atoms with Crippen molar-refractivity contribution in [2.75, 3.05) is 21.1 Å². The number of nitrogens with two attached hydrogens (primary N) is 2. The van der Waals surface area contributed by atoms with E-state index in [1.54, 1.807) is 0 Å². The van der Waals surface area contributed by atoms with Gasteiger partial charge in [0, 0.05) is 24.2 Å². The normalized spacial score (nSPS) is 25.7. The first-order valence-electron chi connectivity index (χ1n) is 10.5. The van der Waals surface area contributed by atoms with Crippen LogP contribution in [0.2, 0.25) is 0 Å².